The van der Waals surface area contributed by atoms with Crippen molar-refractivity contribution in [3.8, 4) is 45.9 Å². The molecule has 0 saturated carbocycles. The van der Waals surface area contributed by atoms with Gasteiger partial charge in [-0.25, -0.2) is 9.94 Å². The number of hydrogen-bond donors (Lipinski definition) is 4. The third-order valence-corrected chi connectivity index (χ3v) is 6.03. The van der Waals surface area contributed by atoms with Crippen LogP contribution in [0, 0.1) is 10.3 Å². The number of ether oxygens (including phenoxy) is 5. The minimum Gasteiger partial charge on any atom is -0.499 e. The highest BCUT2D eigenvalue weighted by atomic mass is 16.8. The standard InChI is InChI=1S/C25H27N5O8/c1-6-37-16-8-12(7-15(22(16)31)30(32)36-5)19-14(11-26)24(27)38-25-20(19)21(28-29-25)13-9-17(33-2)23(35-4)18(10-13)34-3/h7-11,19H,6H2,1-5H3,(H4-,26,27,28,29,31,32)/p+1. The molecular weight excluding hydrogens is 498 g/mol. The molecule has 2 heterocycles. The number of aromatic nitrogens is 2. The molecule has 0 aliphatic carbocycles. The highest BCUT2D eigenvalue weighted by molar-refractivity contribution is 5.85. The second-order valence-corrected chi connectivity index (χ2v) is 7.99. The number of H-pyrrole nitrogens is 1. The Bertz CT molecular complexity index is 1410. The maximum Gasteiger partial charge on any atom is 0.362 e. The molecule has 0 saturated heterocycles. The van der Waals surface area contributed by atoms with Gasteiger partial charge < -0.3 is 39.9 Å². The van der Waals surface area contributed by atoms with Gasteiger partial charge in [0.1, 0.15) is 5.69 Å². The van der Waals surface area contributed by atoms with Gasteiger partial charge in [-0.15, -0.1) is 0 Å². The number of aromatic hydroxyl groups is 1. The van der Waals surface area contributed by atoms with Crippen molar-refractivity contribution in [1.82, 2.24) is 10.2 Å². The molecule has 0 spiro atoms. The SMILES string of the molecule is CCOc1cc(C2C(C=N)=C(N)Oc3[nH]nc(-c4cc(OC)c(OC)c(OC)c4)c32)cc([N+](=O)OC)c1O. The summed E-state index contributed by atoms with van der Waals surface area (Å²) in [4.78, 5) is 17.4. The maximum absolute atomic E-state index is 12.4. The molecule has 38 heavy (non-hydrogen) atoms. The lowest BCUT2D eigenvalue weighted by Gasteiger charge is -2.26. The quantitative estimate of drug-likeness (QED) is 0.226. The van der Waals surface area contributed by atoms with E-state index < -0.39 is 11.7 Å². The Morgan fingerprint density at radius 1 is 1.13 bits per heavy atom. The molecule has 1 aliphatic rings. The van der Waals surface area contributed by atoms with E-state index in [0.29, 0.717) is 45.2 Å². The smallest absolute Gasteiger partial charge is 0.362 e. The Morgan fingerprint density at radius 3 is 2.37 bits per heavy atom. The molecule has 5 N–H and O–H groups in total. The van der Waals surface area contributed by atoms with Gasteiger partial charge >= 0.3 is 5.69 Å². The van der Waals surface area contributed by atoms with Gasteiger partial charge in [0.05, 0.1) is 38.4 Å². The Balaban J connectivity index is 2.01. The first-order valence-corrected chi connectivity index (χ1v) is 11.4. The van der Waals surface area contributed by atoms with Crippen molar-refractivity contribution < 1.29 is 38.6 Å². The van der Waals surface area contributed by atoms with Gasteiger partial charge in [-0.1, -0.05) is 0 Å². The fourth-order valence-corrected chi connectivity index (χ4v) is 4.37. The molecule has 0 amide bonds. The monoisotopic (exact) mass is 526 g/mol. The number of phenolic OH excluding ortho intramolecular Hbond substituents is 1. The lowest BCUT2D eigenvalue weighted by Crippen LogP contribution is -2.22. The van der Waals surface area contributed by atoms with Crippen molar-refractivity contribution >= 4 is 11.9 Å². The van der Waals surface area contributed by atoms with E-state index in [1.54, 1.807) is 25.1 Å². The number of allylic oxidation sites excluding steroid dienone is 1. The van der Waals surface area contributed by atoms with Gasteiger partial charge in [0, 0.05) is 29.3 Å². The number of fused-ring (bicyclic) bond motifs is 1. The second kappa shape index (κ2) is 10.6. The van der Waals surface area contributed by atoms with Crippen molar-refractivity contribution in [2.45, 2.75) is 12.8 Å². The van der Waals surface area contributed by atoms with Crippen LogP contribution >= 0.6 is 0 Å². The van der Waals surface area contributed by atoms with Crippen molar-refractivity contribution in [3.05, 3.63) is 51.8 Å². The van der Waals surface area contributed by atoms with E-state index in [0.717, 1.165) is 6.21 Å². The van der Waals surface area contributed by atoms with Crippen LogP contribution in [0.4, 0.5) is 5.69 Å². The number of methoxy groups -OCH3 is 3. The molecule has 1 aromatic heterocycles. The Kier molecular flexibility index (Phi) is 7.28. The molecule has 4 rings (SSSR count). The average Bonchev–Trinajstić information content (AvgIpc) is 3.35. The van der Waals surface area contributed by atoms with Crippen molar-refractivity contribution in [2.75, 3.05) is 35.0 Å². The zero-order valence-electron chi connectivity index (χ0n) is 21.4. The molecule has 0 fully saturated rings. The fourth-order valence-electron chi connectivity index (χ4n) is 4.37. The maximum atomic E-state index is 12.4. The molecule has 200 valence electrons. The van der Waals surface area contributed by atoms with Crippen LogP contribution < -0.4 is 29.4 Å². The number of rotatable bonds is 10. The summed E-state index contributed by atoms with van der Waals surface area (Å²) in [7, 11) is 5.68. The number of nitrogens with two attached hydrogens (primary N) is 1. The van der Waals surface area contributed by atoms with Gasteiger partial charge in [0.25, 0.3) is 4.92 Å². The third-order valence-electron chi connectivity index (χ3n) is 6.03. The van der Waals surface area contributed by atoms with Crippen LogP contribution in [0.15, 0.2) is 35.7 Å². The molecule has 0 radical (unpaired) electrons. The van der Waals surface area contributed by atoms with E-state index in [1.807, 2.05) is 0 Å². The zero-order chi connectivity index (χ0) is 27.6. The molecule has 13 heteroatoms. The number of aromatic amines is 1. The lowest BCUT2D eigenvalue weighted by molar-refractivity contribution is -0.737. The van der Waals surface area contributed by atoms with Gasteiger partial charge in [-0.2, -0.15) is 5.10 Å². The van der Waals surface area contributed by atoms with Crippen LogP contribution in [-0.4, -0.2) is 61.5 Å². The summed E-state index contributed by atoms with van der Waals surface area (Å²) in [5.41, 5.74) is 8.28. The third kappa shape index (κ3) is 4.27. The van der Waals surface area contributed by atoms with E-state index in [9.17, 15) is 10.0 Å². The van der Waals surface area contributed by atoms with Crippen LogP contribution in [0.1, 0.15) is 24.0 Å². The molecule has 1 unspecified atom stereocenters. The molecular formula is C25H28N5O8+. The summed E-state index contributed by atoms with van der Waals surface area (Å²) < 4.78 is 27.8. The number of hydrogen-bond acceptors (Lipinski definition) is 11. The molecule has 0 bridgehead atoms. The molecule has 1 atom stereocenters. The first-order valence-electron chi connectivity index (χ1n) is 11.4. The summed E-state index contributed by atoms with van der Waals surface area (Å²) >= 11 is 0. The van der Waals surface area contributed by atoms with Crippen LogP contribution in [0.5, 0.6) is 34.6 Å². The summed E-state index contributed by atoms with van der Waals surface area (Å²) in [6, 6.07) is 6.43. The van der Waals surface area contributed by atoms with Crippen LogP contribution in [0.2, 0.25) is 0 Å². The number of nitrogens with zero attached hydrogens (tertiary/aromatic N) is 2. The van der Waals surface area contributed by atoms with E-state index in [1.165, 1.54) is 34.5 Å². The molecule has 13 nitrogen and oxygen atoms in total. The Morgan fingerprint density at radius 2 is 1.82 bits per heavy atom. The number of nitrogens with one attached hydrogen (secondary N) is 2. The van der Waals surface area contributed by atoms with Crippen molar-refractivity contribution in [2.24, 2.45) is 5.73 Å². The summed E-state index contributed by atoms with van der Waals surface area (Å²) in [5.74, 6) is 0.310. The number of benzene rings is 2. The van der Waals surface area contributed by atoms with E-state index in [2.05, 4.69) is 10.2 Å². The second-order valence-electron chi connectivity index (χ2n) is 7.99. The zero-order valence-corrected chi connectivity index (χ0v) is 21.4. The van der Waals surface area contributed by atoms with Crippen LogP contribution in [-0.2, 0) is 4.84 Å². The highest BCUT2D eigenvalue weighted by Crippen LogP contribution is 2.50. The highest BCUT2D eigenvalue weighted by Gasteiger charge is 2.38. The van der Waals surface area contributed by atoms with Gasteiger partial charge in [0.2, 0.25) is 17.4 Å². The van der Waals surface area contributed by atoms with Gasteiger partial charge in [0.15, 0.2) is 30.2 Å². The Labute approximate surface area is 217 Å². The first kappa shape index (κ1) is 26.1. The predicted molar refractivity (Wildman–Crippen MR) is 136 cm³/mol. The number of phenols is 1. The minimum absolute atomic E-state index is 0.0316. The molecule has 2 aromatic carbocycles. The van der Waals surface area contributed by atoms with Gasteiger partial charge in [-0.05, 0) is 30.7 Å². The van der Waals surface area contributed by atoms with Crippen LogP contribution in [0.3, 0.4) is 0 Å². The largest absolute Gasteiger partial charge is 0.499 e. The van der Waals surface area contributed by atoms with Crippen molar-refractivity contribution in [1.29, 1.82) is 5.41 Å². The Hall–Kier alpha value is -4.94. The summed E-state index contributed by atoms with van der Waals surface area (Å²) in [6.45, 7) is 1.96. The molecule has 3 aromatic rings. The molecule has 1 aliphatic heterocycles. The van der Waals surface area contributed by atoms with Crippen molar-refractivity contribution in [3.63, 3.8) is 0 Å². The van der Waals surface area contributed by atoms with Crippen LogP contribution in [0.25, 0.3) is 11.3 Å². The first-order chi connectivity index (χ1) is 18.3. The summed E-state index contributed by atoms with van der Waals surface area (Å²) in [6.07, 6.45) is 1.06. The fraction of sp³-hybridized carbons (Fsp3) is 0.280. The predicted octanol–water partition coefficient (Wildman–Crippen LogP) is 3.52. The van der Waals surface area contributed by atoms with Gasteiger partial charge in [-0.3, -0.25) is 0 Å². The normalized spacial score (nSPS) is 14.3. The summed E-state index contributed by atoms with van der Waals surface area (Å²) in [5, 5.41) is 26.1. The lowest BCUT2D eigenvalue weighted by atomic mass is 9.82. The topological polar surface area (TPSA) is 174 Å². The minimum atomic E-state index is -0.757. The van der Waals surface area contributed by atoms with E-state index >= 15 is 0 Å². The van der Waals surface area contributed by atoms with E-state index in [-0.39, 0.29) is 34.7 Å². The average molecular weight is 527 g/mol. The van der Waals surface area contributed by atoms with E-state index in [4.69, 9.17) is 39.7 Å².